The van der Waals surface area contributed by atoms with Crippen molar-refractivity contribution in [2.75, 3.05) is 33.9 Å². The van der Waals surface area contributed by atoms with Crippen LogP contribution in [-0.4, -0.2) is 55.6 Å². The summed E-state index contributed by atoms with van der Waals surface area (Å²) in [5.74, 6) is -0.478. The van der Waals surface area contributed by atoms with E-state index in [9.17, 15) is 9.59 Å². The van der Waals surface area contributed by atoms with E-state index < -0.39 is 0 Å². The van der Waals surface area contributed by atoms with Gasteiger partial charge in [0.15, 0.2) is 0 Å². The third kappa shape index (κ3) is 6.10. The van der Waals surface area contributed by atoms with Crippen molar-refractivity contribution in [1.82, 2.24) is 15.2 Å². The Balaban J connectivity index is 2.52. The molecule has 1 aromatic rings. The number of pyridine rings is 1. The number of rotatable bonds is 7. The zero-order valence-corrected chi connectivity index (χ0v) is 13.2. The van der Waals surface area contributed by atoms with Gasteiger partial charge in [-0.2, -0.15) is 0 Å². The second-order valence-electron chi connectivity index (χ2n) is 4.68. The molecule has 0 atom stereocenters. The lowest BCUT2D eigenvalue weighted by atomic mass is 10.2. The average molecular weight is 314 g/mol. The third-order valence-corrected chi connectivity index (χ3v) is 2.94. The number of carbonyl (C=O) groups excluding carboxylic acids is 2. The summed E-state index contributed by atoms with van der Waals surface area (Å²) in [5.41, 5.74) is 1.07. The molecule has 116 valence electrons. The molecule has 0 spiro atoms. The number of methoxy groups -OCH3 is 1. The van der Waals surface area contributed by atoms with E-state index in [2.05, 4.69) is 10.3 Å². The first-order valence-electron chi connectivity index (χ1n) is 6.59. The van der Waals surface area contributed by atoms with Crippen LogP contribution >= 0.6 is 11.6 Å². The van der Waals surface area contributed by atoms with E-state index in [4.69, 9.17) is 16.3 Å². The minimum Gasteiger partial charge on any atom is -0.385 e. The Morgan fingerprint density at radius 2 is 2.14 bits per heavy atom. The fourth-order valence-corrected chi connectivity index (χ4v) is 2.01. The number of nitrogens with one attached hydrogen (secondary N) is 1. The van der Waals surface area contributed by atoms with E-state index in [1.807, 2.05) is 0 Å². The first-order valence-corrected chi connectivity index (χ1v) is 6.97. The normalized spacial score (nSPS) is 10.3. The number of hydrogen-bond donors (Lipinski definition) is 1. The van der Waals surface area contributed by atoms with Crippen LogP contribution in [0.3, 0.4) is 0 Å². The Kier molecular flexibility index (Phi) is 7.11. The van der Waals surface area contributed by atoms with Crippen molar-refractivity contribution in [2.24, 2.45) is 0 Å². The SMILES string of the molecule is COCCCNC(=O)CN(C)C(=O)c1cc(C)nc(Cl)c1. The molecule has 21 heavy (non-hydrogen) atoms. The van der Waals surface area contributed by atoms with Gasteiger partial charge in [-0.25, -0.2) is 4.98 Å². The number of amides is 2. The Morgan fingerprint density at radius 3 is 2.76 bits per heavy atom. The number of nitrogens with zero attached hydrogens (tertiary/aromatic N) is 2. The van der Waals surface area contributed by atoms with Crippen LogP contribution in [-0.2, 0) is 9.53 Å². The van der Waals surface area contributed by atoms with Crippen molar-refractivity contribution in [2.45, 2.75) is 13.3 Å². The Labute approximate surface area is 129 Å². The molecule has 0 aliphatic carbocycles. The van der Waals surface area contributed by atoms with E-state index in [1.54, 1.807) is 27.1 Å². The van der Waals surface area contributed by atoms with Gasteiger partial charge in [0.25, 0.3) is 5.91 Å². The van der Waals surface area contributed by atoms with Gasteiger partial charge >= 0.3 is 0 Å². The van der Waals surface area contributed by atoms with Gasteiger partial charge in [-0.05, 0) is 25.5 Å². The first kappa shape index (κ1) is 17.4. The lowest BCUT2D eigenvalue weighted by Crippen LogP contribution is -2.38. The minimum atomic E-state index is -0.269. The van der Waals surface area contributed by atoms with Crippen LogP contribution < -0.4 is 5.32 Å². The number of aromatic nitrogens is 1. The van der Waals surface area contributed by atoms with Crippen LogP contribution in [0, 0.1) is 6.92 Å². The summed E-state index contributed by atoms with van der Waals surface area (Å²) in [7, 11) is 3.18. The van der Waals surface area contributed by atoms with Gasteiger partial charge < -0.3 is 15.0 Å². The molecule has 7 heteroatoms. The van der Waals surface area contributed by atoms with Gasteiger partial charge in [-0.15, -0.1) is 0 Å². The maximum Gasteiger partial charge on any atom is 0.254 e. The summed E-state index contributed by atoms with van der Waals surface area (Å²) in [6.45, 7) is 2.86. The fourth-order valence-electron chi connectivity index (χ4n) is 1.76. The molecule has 1 heterocycles. The van der Waals surface area contributed by atoms with Crippen molar-refractivity contribution < 1.29 is 14.3 Å². The molecule has 0 bridgehead atoms. The second kappa shape index (κ2) is 8.59. The highest BCUT2D eigenvalue weighted by atomic mass is 35.5. The average Bonchev–Trinajstić information content (AvgIpc) is 2.41. The maximum absolute atomic E-state index is 12.2. The van der Waals surface area contributed by atoms with Gasteiger partial charge in [-0.3, -0.25) is 9.59 Å². The molecule has 0 unspecified atom stereocenters. The highest BCUT2D eigenvalue weighted by molar-refractivity contribution is 6.29. The van der Waals surface area contributed by atoms with Crippen molar-refractivity contribution in [3.8, 4) is 0 Å². The van der Waals surface area contributed by atoms with Crippen molar-refractivity contribution in [3.63, 3.8) is 0 Å². The largest absolute Gasteiger partial charge is 0.385 e. The summed E-state index contributed by atoms with van der Waals surface area (Å²) in [5, 5.41) is 2.99. The van der Waals surface area contributed by atoms with Crippen molar-refractivity contribution in [1.29, 1.82) is 0 Å². The number of halogens is 1. The molecular formula is C14H20ClN3O3. The molecular weight excluding hydrogens is 294 g/mol. The van der Waals surface area contributed by atoms with E-state index >= 15 is 0 Å². The topological polar surface area (TPSA) is 71.5 Å². The summed E-state index contributed by atoms with van der Waals surface area (Å²) in [6.07, 6.45) is 0.735. The zero-order chi connectivity index (χ0) is 15.8. The molecule has 0 fully saturated rings. The minimum absolute atomic E-state index is 0.00912. The van der Waals surface area contributed by atoms with Crippen molar-refractivity contribution in [3.05, 3.63) is 28.5 Å². The molecule has 0 aliphatic heterocycles. The summed E-state index contributed by atoms with van der Waals surface area (Å²) < 4.78 is 4.89. The van der Waals surface area contributed by atoms with Gasteiger partial charge in [-0.1, -0.05) is 11.6 Å². The Bertz CT molecular complexity index is 488. The lowest BCUT2D eigenvalue weighted by molar-refractivity contribution is -0.121. The van der Waals surface area contributed by atoms with Gasteiger partial charge in [0.2, 0.25) is 5.91 Å². The molecule has 1 aromatic heterocycles. The first-order chi connectivity index (χ1) is 9.93. The molecule has 0 aromatic carbocycles. The summed E-state index contributed by atoms with van der Waals surface area (Å²) in [6, 6.07) is 3.13. The number of carbonyl (C=O) groups is 2. The van der Waals surface area contributed by atoms with Gasteiger partial charge in [0.05, 0.1) is 6.54 Å². The van der Waals surface area contributed by atoms with Crippen molar-refractivity contribution >= 4 is 23.4 Å². The molecule has 6 nitrogen and oxygen atoms in total. The van der Waals surface area contributed by atoms with Crippen LogP contribution in [0.15, 0.2) is 12.1 Å². The molecule has 0 radical (unpaired) electrons. The number of aryl methyl sites for hydroxylation is 1. The van der Waals surface area contributed by atoms with Gasteiger partial charge in [0.1, 0.15) is 5.15 Å². The fraction of sp³-hybridized carbons (Fsp3) is 0.500. The number of hydrogen-bond acceptors (Lipinski definition) is 4. The lowest BCUT2D eigenvalue weighted by Gasteiger charge is -2.17. The third-order valence-electron chi connectivity index (χ3n) is 2.74. The molecule has 1 N–H and O–H groups in total. The predicted octanol–water partition coefficient (Wildman–Crippen LogP) is 1.27. The van der Waals surface area contributed by atoms with Crippen LogP contribution in [0.2, 0.25) is 5.15 Å². The highest BCUT2D eigenvalue weighted by Crippen LogP contribution is 2.12. The van der Waals surface area contributed by atoms with Crippen LogP contribution in [0.5, 0.6) is 0 Å². The smallest absolute Gasteiger partial charge is 0.254 e. The second-order valence-corrected chi connectivity index (χ2v) is 5.06. The molecule has 0 saturated heterocycles. The molecule has 2 amide bonds. The quantitative estimate of drug-likeness (QED) is 0.608. The van der Waals surface area contributed by atoms with Gasteiger partial charge in [0, 0.05) is 38.6 Å². The summed E-state index contributed by atoms with van der Waals surface area (Å²) in [4.78, 5) is 29.2. The van der Waals surface area contributed by atoms with E-state index in [1.165, 1.54) is 11.0 Å². The van der Waals surface area contributed by atoms with Crippen LogP contribution in [0.25, 0.3) is 0 Å². The standard InChI is InChI=1S/C14H20ClN3O3/c1-10-7-11(8-12(15)17-10)14(20)18(2)9-13(19)16-5-4-6-21-3/h7-8H,4-6,9H2,1-3H3,(H,16,19). The predicted molar refractivity (Wildman–Crippen MR) is 80.4 cm³/mol. The summed E-state index contributed by atoms with van der Waals surface area (Å²) >= 11 is 5.83. The van der Waals surface area contributed by atoms with Crippen LogP contribution in [0.1, 0.15) is 22.5 Å². The highest BCUT2D eigenvalue weighted by Gasteiger charge is 2.15. The Hall–Kier alpha value is -1.66. The van der Waals surface area contributed by atoms with Crippen LogP contribution in [0.4, 0.5) is 0 Å². The molecule has 0 aliphatic rings. The van der Waals surface area contributed by atoms with E-state index in [0.29, 0.717) is 24.4 Å². The number of likely N-dealkylation sites (N-methyl/N-ethyl adjacent to an activating group) is 1. The number of ether oxygens (including phenoxy) is 1. The van der Waals surface area contributed by atoms with E-state index in [-0.39, 0.29) is 23.5 Å². The monoisotopic (exact) mass is 313 g/mol. The maximum atomic E-state index is 12.2. The van der Waals surface area contributed by atoms with E-state index in [0.717, 1.165) is 6.42 Å². The molecule has 1 rings (SSSR count). The Morgan fingerprint density at radius 1 is 1.43 bits per heavy atom. The zero-order valence-electron chi connectivity index (χ0n) is 12.5. The molecule has 0 saturated carbocycles.